The smallest absolute Gasteiger partial charge is 0.273 e. The fourth-order valence-corrected chi connectivity index (χ4v) is 3.13. The van der Waals surface area contributed by atoms with Crippen molar-refractivity contribution in [1.82, 2.24) is 14.9 Å². The standard InChI is InChI=1S/C14H18N4OS/c1-9-15-6-5-13(16-9)17-14(19)12-8-20-10(2)18(12)7-11-3-4-11/h5-6,8,10-11H,3-4,7H2,1-2H3,(H,15,16,17,19). The van der Waals surface area contributed by atoms with Gasteiger partial charge in [-0.3, -0.25) is 4.79 Å². The number of carbonyl (C=O) groups is 1. The molecule has 0 radical (unpaired) electrons. The Kier molecular flexibility index (Phi) is 3.65. The molecule has 0 spiro atoms. The van der Waals surface area contributed by atoms with Crippen molar-refractivity contribution in [3.63, 3.8) is 0 Å². The summed E-state index contributed by atoms with van der Waals surface area (Å²) in [6, 6.07) is 1.71. The van der Waals surface area contributed by atoms with Gasteiger partial charge in [0.15, 0.2) is 0 Å². The van der Waals surface area contributed by atoms with E-state index in [0.717, 1.165) is 18.2 Å². The van der Waals surface area contributed by atoms with Crippen molar-refractivity contribution < 1.29 is 4.79 Å². The zero-order valence-electron chi connectivity index (χ0n) is 11.7. The van der Waals surface area contributed by atoms with Gasteiger partial charge in [0, 0.05) is 18.1 Å². The molecule has 1 aromatic heterocycles. The molecule has 1 aliphatic carbocycles. The summed E-state index contributed by atoms with van der Waals surface area (Å²) >= 11 is 1.70. The van der Waals surface area contributed by atoms with Gasteiger partial charge < -0.3 is 10.2 Å². The Morgan fingerprint density at radius 2 is 2.35 bits per heavy atom. The van der Waals surface area contributed by atoms with Gasteiger partial charge in [0.25, 0.3) is 5.91 Å². The predicted octanol–water partition coefficient (Wildman–Crippen LogP) is 2.37. The molecule has 6 heteroatoms. The maximum Gasteiger partial charge on any atom is 0.273 e. The van der Waals surface area contributed by atoms with E-state index < -0.39 is 0 Å². The van der Waals surface area contributed by atoms with E-state index in [1.165, 1.54) is 12.8 Å². The second-order valence-electron chi connectivity index (χ2n) is 5.28. The number of nitrogens with one attached hydrogen (secondary N) is 1. The van der Waals surface area contributed by atoms with Crippen LogP contribution in [-0.4, -0.2) is 32.7 Å². The molecule has 3 rings (SSSR count). The number of nitrogens with zero attached hydrogens (tertiary/aromatic N) is 3. The van der Waals surface area contributed by atoms with E-state index >= 15 is 0 Å². The molecule has 0 bridgehead atoms. The summed E-state index contributed by atoms with van der Waals surface area (Å²) in [4.78, 5) is 22.8. The van der Waals surface area contributed by atoms with Crippen LogP contribution < -0.4 is 5.32 Å². The third-order valence-electron chi connectivity index (χ3n) is 3.53. The minimum Gasteiger partial charge on any atom is -0.354 e. The molecule has 20 heavy (non-hydrogen) atoms. The molecule has 106 valence electrons. The quantitative estimate of drug-likeness (QED) is 0.922. The van der Waals surface area contributed by atoms with Crippen LogP contribution in [0.15, 0.2) is 23.4 Å². The molecule has 5 nitrogen and oxygen atoms in total. The minimum absolute atomic E-state index is 0.0828. The second kappa shape index (κ2) is 5.44. The van der Waals surface area contributed by atoms with Crippen LogP contribution in [-0.2, 0) is 4.79 Å². The highest BCUT2D eigenvalue weighted by Crippen LogP contribution is 2.37. The largest absolute Gasteiger partial charge is 0.354 e. The van der Waals surface area contributed by atoms with Gasteiger partial charge in [0.2, 0.25) is 0 Å². The number of rotatable bonds is 4. The summed E-state index contributed by atoms with van der Waals surface area (Å²) < 4.78 is 0. The maximum absolute atomic E-state index is 12.4. The van der Waals surface area contributed by atoms with Crippen molar-refractivity contribution >= 4 is 23.5 Å². The van der Waals surface area contributed by atoms with Crippen molar-refractivity contribution in [2.75, 3.05) is 11.9 Å². The van der Waals surface area contributed by atoms with Crippen molar-refractivity contribution in [2.24, 2.45) is 5.92 Å². The summed E-state index contributed by atoms with van der Waals surface area (Å²) in [6.07, 6.45) is 4.22. The molecule has 1 N–H and O–H groups in total. The first-order chi connectivity index (χ1) is 9.63. The lowest BCUT2D eigenvalue weighted by Gasteiger charge is -2.25. The molecule has 2 heterocycles. The zero-order valence-corrected chi connectivity index (χ0v) is 12.5. The lowest BCUT2D eigenvalue weighted by atomic mass is 10.3. The van der Waals surface area contributed by atoms with E-state index in [2.05, 4.69) is 27.1 Å². The molecular formula is C14H18N4OS. The molecular weight excluding hydrogens is 272 g/mol. The van der Waals surface area contributed by atoms with Gasteiger partial charge in [-0.05, 0) is 38.7 Å². The van der Waals surface area contributed by atoms with E-state index in [1.807, 2.05) is 12.3 Å². The molecule has 1 fully saturated rings. The van der Waals surface area contributed by atoms with Crippen LogP contribution >= 0.6 is 11.8 Å². The summed E-state index contributed by atoms with van der Waals surface area (Å²) in [5.41, 5.74) is 0.755. The number of hydrogen-bond acceptors (Lipinski definition) is 5. The fraction of sp³-hybridized carbons (Fsp3) is 0.500. The van der Waals surface area contributed by atoms with E-state index in [-0.39, 0.29) is 5.91 Å². The monoisotopic (exact) mass is 290 g/mol. The summed E-state index contributed by atoms with van der Waals surface area (Å²) in [5.74, 6) is 1.88. The van der Waals surface area contributed by atoms with Crippen LogP contribution in [0.3, 0.4) is 0 Å². The Morgan fingerprint density at radius 3 is 3.05 bits per heavy atom. The summed E-state index contributed by atoms with van der Waals surface area (Å²) in [7, 11) is 0. The van der Waals surface area contributed by atoms with Crippen molar-refractivity contribution in [2.45, 2.75) is 32.1 Å². The molecule has 1 saturated carbocycles. The average molecular weight is 290 g/mol. The molecule has 2 aliphatic rings. The van der Waals surface area contributed by atoms with Gasteiger partial charge in [0.1, 0.15) is 17.3 Å². The molecule has 1 amide bonds. The van der Waals surface area contributed by atoms with Gasteiger partial charge in [-0.15, -0.1) is 11.8 Å². The first kappa shape index (κ1) is 13.4. The predicted molar refractivity (Wildman–Crippen MR) is 80.0 cm³/mol. The SMILES string of the molecule is Cc1nccc(NC(=O)C2=CSC(C)N2CC2CC2)n1. The Labute approximate surface area is 122 Å². The topological polar surface area (TPSA) is 58.1 Å². The zero-order chi connectivity index (χ0) is 14.1. The van der Waals surface area contributed by atoms with E-state index in [0.29, 0.717) is 17.0 Å². The highest BCUT2D eigenvalue weighted by Gasteiger charge is 2.33. The number of hydrogen-bond donors (Lipinski definition) is 1. The lowest BCUT2D eigenvalue weighted by Crippen LogP contribution is -2.34. The third kappa shape index (κ3) is 2.95. The lowest BCUT2D eigenvalue weighted by molar-refractivity contribution is -0.114. The number of thioether (sulfide) groups is 1. The summed E-state index contributed by atoms with van der Waals surface area (Å²) in [5, 5.41) is 5.15. The minimum atomic E-state index is -0.0828. The normalized spacial score (nSPS) is 21.8. The highest BCUT2D eigenvalue weighted by molar-refractivity contribution is 8.02. The van der Waals surface area contributed by atoms with Crippen LogP contribution in [0, 0.1) is 12.8 Å². The van der Waals surface area contributed by atoms with Crippen molar-refractivity contribution in [1.29, 1.82) is 0 Å². The fourth-order valence-electron chi connectivity index (χ4n) is 2.22. The molecule has 1 atom stereocenters. The van der Waals surface area contributed by atoms with Gasteiger partial charge in [-0.2, -0.15) is 0 Å². The van der Waals surface area contributed by atoms with Gasteiger partial charge in [-0.1, -0.05) is 0 Å². The van der Waals surface area contributed by atoms with E-state index in [1.54, 1.807) is 24.0 Å². The molecule has 1 aliphatic heterocycles. The van der Waals surface area contributed by atoms with Crippen LogP contribution in [0.5, 0.6) is 0 Å². The number of amides is 1. The van der Waals surface area contributed by atoms with Crippen LogP contribution in [0.25, 0.3) is 0 Å². The van der Waals surface area contributed by atoms with Crippen LogP contribution in [0.4, 0.5) is 5.82 Å². The first-order valence-electron chi connectivity index (χ1n) is 6.87. The highest BCUT2D eigenvalue weighted by atomic mass is 32.2. The molecule has 0 aromatic carbocycles. The van der Waals surface area contributed by atoms with E-state index in [4.69, 9.17) is 0 Å². The number of anilines is 1. The maximum atomic E-state index is 12.4. The second-order valence-corrected chi connectivity index (χ2v) is 6.47. The average Bonchev–Trinajstić information content (AvgIpc) is 3.14. The van der Waals surface area contributed by atoms with Gasteiger partial charge in [0.05, 0.1) is 5.37 Å². The summed E-state index contributed by atoms with van der Waals surface area (Å²) in [6.45, 7) is 4.93. The van der Waals surface area contributed by atoms with Crippen LogP contribution in [0.1, 0.15) is 25.6 Å². The Bertz CT molecular complexity index is 556. The Balaban J connectivity index is 1.69. The molecule has 0 saturated heterocycles. The van der Waals surface area contributed by atoms with Gasteiger partial charge >= 0.3 is 0 Å². The number of carbonyl (C=O) groups excluding carboxylic acids is 1. The van der Waals surface area contributed by atoms with Gasteiger partial charge in [-0.25, -0.2) is 9.97 Å². The number of aromatic nitrogens is 2. The van der Waals surface area contributed by atoms with Crippen molar-refractivity contribution in [3.05, 3.63) is 29.2 Å². The first-order valence-corrected chi connectivity index (χ1v) is 7.81. The van der Waals surface area contributed by atoms with E-state index in [9.17, 15) is 4.79 Å². The third-order valence-corrected chi connectivity index (χ3v) is 4.53. The van der Waals surface area contributed by atoms with Crippen LogP contribution in [0.2, 0.25) is 0 Å². The van der Waals surface area contributed by atoms with Crippen molar-refractivity contribution in [3.8, 4) is 0 Å². The molecule has 1 aromatic rings. The number of aryl methyl sites for hydroxylation is 1. The molecule has 1 unspecified atom stereocenters. The Hall–Kier alpha value is -1.56. The Morgan fingerprint density at radius 1 is 1.55 bits per heavy atom.